The number of rotatable bonds is 2. The summed E-state index contributed by atoms with van der Waals surface area (Å²) in [4.78, 5) is 17.0. The fourth-order valence-electron chi connectivity index (χ4n) is 1.65. The quantitative estimate of drug-likeness (QED) is 0.829. The second kappa shape index (κ2) is 3.52. The summed E-state index contributed by atoms with van der Waals surface area (Å²) < 4.78 is 1.79. The third-order valence-electron chi connectivity index (χ3n) is 2.52. The monoisotopic (exact) mass is 219 g/mol. The van der Waals surface area contributed by atoms with Gasteiger partial charge in [-0.3, -0.25) is 0 Å². The van der Waals surface area contributed by atoms with E-state index in [2.05, 4.69) is 4.98 Å². The maximum Gasteiger partial charge on any atom is 0.356 e. The highest BCUT2D eigenvalue weighted by Gasteiger charge is 2.14. The van der Waals surface area contributed by atoms with Crippen molar-refractivity contribution in [2.75, 3.05) is 19.0 Å². The zero-order valence-corrected chi connectivity index (χ0v) is 9.43. The summed E-state index contributed by atoms with van der Waals surface area (Å²) in [7, 11) is 3.87. The van der Waals surface area contributed by atoms with E-state index in [9.17, 15) is 4.79 Å². The molecule has 0 fully saturated rings. The number of fused-ring (bicyclic) bond motifs is 1. The summed E-state index contributed by atoms with van der Waals surface area (Å²) in [5.41, 5.74) is 1.73. The molecule has 0 aliphatic rings. The topological polar surface area (TPSA) is 57.8 Å². The number of hydrogen-bond donors (Lipinski definition) is 1. The molecular formula is C11H13N3O2. The van der Waals surface area contributed by atoms with Gasteiger partial charge in [-0.15, -0.1) is 0 Å². The van der Waals surface area contributed by atoms with Gasteiger partial charge in [0.05, 0.1) is 11.2 Å². The Balaban J connectivity index is 2.71. The molecule has 5 heteroatoms. The van der Waals surface area contributed by atoms with Crippen molar-refractivity contribution in [3.63, 3.8) is 0 Å². The average Bonchev–Trinajstić information content (AvgIpc) is 2.56. The van der Waals surface area contributed by atoms with Crippen LogP contribution in [0.2, 0.25) is 0 Å². The minimum absolute atomic E-state index is 0.0998. The van der Waals surface area contributed by atoms with E-state index in [1.165, 1.54) is 0 Å². The lowest BCUT2D eigenvalue weighted by molar-refractivity contribution is 0.0693. The molecule has 84 valence electrons. The minimum atomic E-state index is -0.997. The molecule has 16 heavy (non-hydrogen) atoms. The van der Waals surface area contributed by atoms with Crippen LogP contribution in [0, 0.1) is 6.92 Å². The highest BCUT2D eigenvalue weighted by molar-refractivity contribution is 5.93. The molecule has 2 aromatic rings. The van der Waals surface area contributed by atoms with Gasteiger partial charge < -0.3 is 14.4 Å². The number of aromatic nitrogens is 2. The van der Waals surface area contributed by atoms with Gasteiger partial charge in [-0.2, -0.15) is 0 Å². The Labute approximate surface area is 92.9 Å². The van der Waals surface area contributed by atoms with E-state index >= 15 is 0 Å². The van der Waals surface area contributed by atoms with E-state index in [0.717, 1.165) is 5.69 Å². The minimum Gasteiger partial charge on any atom is -0.476 e. The molecule has 0 spiro atoms. The summed E-state index contributed by atoms with van der Waals surface area (Å²) in [6, 6.07) is 3.65. The van der Waals surface area contributed by atoms with Gasteiger partial charge in [0.1, 0.15) is 5.82 Å². The van der Waals surface area contributed by atoms with Crippen LogP contribution in [0.1, 0.15) is 16.3 Å². The van der Waals surface area contributed by atoms with Crippen LogP contribution in [0.3, 0.4) is 0 Å². The Bertz CT molecular complexity index is 558. The van der Waals surface area contributed by atoms with Gasteiger partial charge in [-0.1, -0.05) is 0 Å². The van der Waals surface area contributed by atoms with E-state index in [4.69, 9.17) is 5.11 Å². The molecule has 0 unspecified atom stereocenters. The fourth-order valence-corrected chi connectivity index (χ4v) is 1.65. The van der Waals surface area contributed by atoms with Crippen molar-refractivity contribution in [2.45, 2.75) is 6.92 Å². The molecule has 0 saturated heterocycles. The van der Waals surface area contributed by atoms with Crippen LogP contribution in [0.5, 0.6) is 0 Å². The van der Waals surface area contributed by atoms with Crippen LogP contribution in [-0.2, 0) is 0 Å². The lowest BCUT2D eigenvalue weighted by Gasteiger charge is -2.12. The van der Waals surface area contributed by atoms with Crippen LogP contribution in [-0.4, -0.2) is 34.6 Å². The Morgan fingerprint density at radius 1 is 1.44 bits per heavy atom. The van der Waals surface area contributed by atoms with Gasteiger partial charge in [0, 0.05) is 20.3 Å². The lowest BCUT2D eigenvalue weighted by atomic mass is 10.3. The molecule has 0 bridgehead atoms. The van der Waals surface area contributed by atoms with E-state index in [1.807, 2.05) is 31.3 Å². The van der Waals surface area contributed by atoms with E-state index in [1.54, 1.807) is 17.4 Å². The van der Waals surface area contributed by atoms with Crippen molar-refractivity contribution in [2.24, 2.45) is 0 Å². The second-order valence-electron chi connectivity index (χ2n) is 3.85. The number of aromatic carboxylic acids is 1. The van der Waals surface area contributed by atoms with E-state index in [-0.39, 0.29) is 5.69 Å². The number of carboxylic acids is 1. The summed E-state index contributed by atoms with van der Waals surface area (Å²) in [5, 5.41) is 8.99. The predicted molar refractivity (Wildman–Crippen MR) is 61.2 cm³/mol. The van der Waals surface area contributed by atoms with Crippen molar-refractivity contribution in [1.29, 1.82) is 0 Å². The first kappa shape index (κ1) is 10.5. The first-order chi connectivity index (χ1) is 7.50. The van der Waals surface area contributed by atoms with Gasteiger partial charge in [0.25, 0.3) is 0 Å². The Morgan fingerprint density at radius 2 is 2.12 bits per heavy atom. The number of carboxylic acid groups (broad SMARTS) is 1. The summed E-state index contributed by atoms with van der Waals surface area (Å²) in [6.45, 7) is 1.79. The van der Waals surface area contributed by atoms with Crippen LogP contribution in [0.25, 0.3) is 5.52 Å². The molecule has 2 aromatic heterocycles. The van der Waals surface area contributed by atoms with Crippen LogP contribution in [0.15, 0.2) is 18.3 Å². The number of carbonyl (C=O) groups is 1. The molecule has 1 N–H and O–H groups in total. The highest BCUT2D eigenvalue weighted by Crippen LogP contribution is 2.18. The molecule has 0 amide bonds. The zero-order chi connectivity index (χ0) is 11.9. The zero-order valence-electron chi connectivity index (χ0n) is 9.43. The molecule has 0 aliphatic carbocycles. The van der Waals surface area contributed by atoms with E-state index < -0.39 is 5.97 Å². The van der Waals surface area contributed by atoms with Gasteiger partial charge in [0.15, 0.2) is 5.69 Å². The maximum atomic E-state index is 11.0. The third kappa shape index (κ3) is 1.50. The maximum absolute atomic E-state index is 11.0. The number of aryl methyl sites for hydroxylation is 1. The molecule has 2 heterocycles. The number of imidazole rings is 1. The predicted octanol–water partition coefficient (Wildman–Crippen LogP) is 1.41. The Hall–Kier alpha value is -2.04. The smallest absolute Gasteiger partial charge is 0.356 e. The lowest BCUT2D eigenvalue weighted by Crippen LogP contribution is -2.09. The van der Waals surface area contributed by atoms with Gasteiger partial charge >= 0.3 is 5.97 Å². The van der Waals surface area contributed by atoms with Crippen LogP contribution < -0.4 is 4.90 Å². The van der Waals surface area contributed by atoms with Crippen molar-refractivity contribution in [3.05, 3.63) is 29.8 Å². The van der Waals surface area contributed by atoms with Gasteiger partial charge in [-0.05, 0) is 19.1 Å². The van der Waals surface area contributed by atoms with Crippen molar-refractivity contribution in [3.8, 4) is 0 Å². The number of nitrogens with zero attached hydrogens (tertiary/aromatic N) is 3. The van der Waals surface area contributed by atoms with Crippen molar-refractivity contribution in [1.82, 2.24) is 9.38 Å². The normalized spacial score (nSPS) is 10.7. The van der Waals surface area contributed by atoms with Crippen molar-refractivity contribution >= 4 is 17.2 Å². The first-order valence-electron chi connectivity index (χ1n) is 4.90. The number of anilines is 1. The second-order valence-corrected chi connectivity index (χ2v) is 3.85. The summed E-state index contributed by atoms with van der Waals surface area (Å²) in [6.07, 6.45) is 1.88. The largest absolute Gasteiger partial charge is 0.476 e. The SMILES string of the molecule is Cc1nc(C(=O)O)c2ccc(N(C)C)cn12. The molecule has 5 nitrogen and oxygen atoms in total. The Kier molecular flexibility index (Phi) is 2.30. The average molecular weight is 219 g/mol. The highest BCUT2D eigenvalue weighted by atomic mass is 16.4. The molecule has 0 atom stereocenters. The molecule has 2 rings (SSSR count). The van der Waals surface area contributed by atoms with Crippen molar-refractivity contribution < 1.29 is 9.90 Å². The first-order valence-corrected chi connectivity index (χ1v) is 4.90. The summed E-state index contributed by atoms with van der Waals surface area (Å²) in [5.74, 6) is -0.320. The fraction of sp³-hybridized carbons (Fsp3) is 0.273. The van der Waals surface area contributed by atoms with Crippen LogP contribution in [0.4, 0.5) is 5.69 Å². The number of pyridine rings is 1. The Morgan fingerprint density at radius 3 is 2.69 bits per heavy atom. The standard InChI is InChI=1S/C11H13N3O2/c1-7-12-10(11(15)16)9-5-4-8(13(2)3)6-14(7)9/h4-6H,1-3H3,(H,15,16). The van der Waals surface area contributed by atoms with Gasteiger partial charge in [-0.25, -0.2) is 9.78 Å². The van der Waals surface area contributed by atoms with E-state index in [0.29, 0.717) is 11.3 Å². The van der Waals surface area contributed by atoms with Gasteiger partial charge in [0.2, 0.25) is 0 Å². The van der Waals surface area contributed by atoms with Crippen LogP contribution >= 0.6 is 0 Å². The number of hydrogen-bond acceptors (Lipinski definition) is 3. The summed E-state index contributed by atoms with van der Waals surface area (Å²) >= 11 is 0. The molecule has 0 radical (unpaired) electrons. The molecular weight excluding hydrogens is 206 g/mol. The molecule has 0 aromatic carbocycles. The third-order valence-corrected chi connectivity index (χ3v) is 2.52. The molecule has 0 aliphatic heterocycles. The molecule has 0 saturated carbocycles.